The van der Waals surface area contributed by atoms with Crippen LogP contribution in [0.1, 0.15) is 60.6 Å². The highest BCUT2D eigenvalue weighted by Gasteiger charge is 2.37. The first kappa shape index (κ1) is 18.6. The van der Waals surface area contributed by atoms with E-state index in [2.05, 4.69) is 106 Å². The molecule has 0 heterocycles. The Balaban J connectivity index is 1.81. The van der Waals surface area contributed by atoms with Gasteiger partial charge in [0.05, 0.1) is 0 Å². The van der Waals surface area contributed by atoms with E-state index in [1.165, 1.54) is 61.7 Å². The van der Waals surface area contributed by atoms with Crippen LogP contribution in [0.15, 0.2) is 84.9 Å². The average molecular weight is 401 g/mol. The number of benzene rings is 4. The fourth-order valence-corrected chi connectivity index (χ4v) is 6.05. The van der Waals surface area contributed by atoms with E-state index in [-0.39, 0.29) is 5.41 Å². The second kappa shape index (κ2) is 6.69. The molecule has 4 aromatic carbocycles. The third-order valence-electron chi connectivity index (χ3n) is 7.63. The number of hydrogen-bond acceptors (Lipinski definition) is 0. The van der Waals surface area contributed by atoms with Gasteiger partial charge in [-0.3, -0.25) is 0 Å². The van der Waals surface area contributed by atoms with Crippen molar-refractivity contribution in [3.8, 4) is 0 Å². The van der Waals surface area contributed by atoms with Gasteiger partial charge in [0, 0.05) is 5.41 Å². The largest absolute Gasteiger partial charge is 0.0619 e. The molecule has 31 heavy (non-hydrogen) atoms. The second-order valence-corrected chi connectivity index (χ2v) is 9.77. The van der Waals surface area contributed by atoms with Crippen molar-refractivity contribution in [1.29, 1.82) is 0 Å². The Morgan fingerprint density at radius 3 is 2.03 bits per heavy atom. The lowest BCUT2D eigenvalue weighted by atomic mass is 9.64. The molecule has 0 bridgehead atoms. The first-order chi connectivity index (χ1) is 15.1. The summed E-state index contributed by atoms with van der Waals surface area (Å²) in [6.07, 6.45) is 2.37. The third kappa shape index (κ3) is 2.61. The van der Waals surface area contributed by atoms with E-state index in [9.17, 15) is 0 Å². The normalized spacial score (nSPS) is 19.0. The van der Waals surface area contributed by atoms with Gasteiger partial charge in [-0.15, -0.1) is 0 Å². The Morgan fingerprint density at radius 2 is 1.32 bits per heavy atom. The standard InChI is InChI=1S/C31H28/c1-20-16-17-22-19-18-21-10-4-5-11-23(21)29(22)28(20)30-24-12-6-8-14-26(24)31(2,3)27-15-9-7-13-25(27)30/h4-15,18-20H,16-17H2,1-3H3/t20-/m1/s1. The molecule has 0 radical (unpaired) electrons. The van der Waals surface area contributed by atoms with E-state index in [4.69, 9.17) is 0 Å². The molecule has 0 amide bonds. The minimum Gasteiger partial charge on any atom is -0.0619 e. The molecule has 4 aromatic rings. The Bertz CT molecular complexity index is 1310. The molecule has 152 valence electrons. The predicted octanol–water partition coefficient (Wildman–Crippen LogP) is 8.02. The van der Waals surface area contributed by atoms with Gasteiger partial charge < -0.3 is 0 Å². The molecule has 0 nitrogen and oxygen atoms in total. The highest BCUT2D eigenvalue weighted by molar-refractivity contribution is 6.08. The van der Waals surface area contributed by atoms with E-state index in [1.54, 1.807) is 0 Å². The summed E-state index contributed by atoms with van der Waals surface area (Å²) in [4.78, 5) is 0. The first-order valence-corrected chi connectivity index (χ1v) is 11.5. The molecule has 0 saturated carbocycles. The third-order valence-corrected chi connectivity index (χ3v) is 7.63. The average Bonchev–Trinajstić information content (AvgIpc) is 2.80. The van der Waals surface area contributed by atoms with Gasteiger partial charge in [0.2, 0.25) is 0 Å². The molecule has 0 fully saturated rings. The van der Waals surface area contributed by atoms with Gasteiger partial charge in [-0.05, 0) is 74.1 Å². The summed E-state index contributed by atoms with van der Waals surface area (Å²) in [5.41, 5.74) is 11.7. The van der Waals surface area contributed by atoms with E-state index < -0.39 is 0 Å². The van der Waals surface area contributed by atoms with E-state index in [0.29, 0.717) is 5.92 Å². The maximum absolute atomic E-state index is 2.43. The van der Waals surface area contributed by atoms with Gasteiger partial charge in [0.1, 0.15) is 0 Å². The van der Waals surface area contributed by atoms with Crippen molar-refractivity contribution >= 4 is 21.9 Å². The molecule has 6 rings (SSSR count). The highest BCUT2D eigenvalue weighted by Crippen LogP contribution is 2.52. The molecule has 1 atom stereocenters. The molecule has 0 aliphatic heterocycles. The van der Waals surface area contributed by atoms with Crippen LogP contribution in [0.5, 0.6) is 0 Å². The number of hydrogen-bond donors (Lipinski definition) is 0. The van der Waals surface area contributed by atoms with E-state index in [0.717, 1.165) is 6.42 Å². The van der Waals surface area contributed by atoms with Crippen molar-refractivity contribution in [3.63, 3.8) is 0 Å². The van der Waals surface area contributed by atoms with Gasteiger partial charge in [-0.2, -0.15) is 0 Å². The number of fused-ring (bicyclic) bond motifs is 5. The minimum atomic E-state index is -0.00324. The number of allylic oxidation sites excluding steroid dienone is 1. The van der Waals surface area contributed by atoms with Crippen LogP contribution >= 0.6 is 0 Å². The van der Waals surface area contributed by atoms with E-state index >= 15 is 0 Å². The Hall–Kier alpha value is -3.12. The van der Waals surface area contributed by atoms with Crippen molar-refractivity contribution in [1.82, 2.24) is 0 Å². The van der Waals surface area contributed by atoms with Crippen molar-refractivity contribution in [2.24, 2.45) is 5.92 Å². The van der Waals surface area contributed by atoms with Gasteiger partial charge in [0.25, 0.3) is 0 Å². The Labute approximate surface area is 185 Å². The van der Waals surface area contributed by atoms with E-state index in [1.807, 2.05) is 0 Å². The van der Waals surface area contributed by atoms with Crippen molar-refractivity contribution in [2.75, 3.05) is 0 Å². The maximum atomic E-state index is 2.43. The van der Waals surface area contributed by atoms with Crippen LogP contribution in [-0.4, -0.2) is 0 Å². The van der Waals surface area contributed by atoms with Gasteiger partial charge in [0.15, 0.2) is 0 Å². The zero-order valence-corrected chi connectivity index (χ0v) is 18.6. The molecular formula is C31H28. The van der Waals surface area contributed by atoms with Crippen LogP contribution in [-0.2, 0) is 11.8 Å². The van der Waals surface area contributed by atoms with Crippen molar-refractivity contribution in [2.45, 2.75) is 39.0 Å². The molecule has 0 unspecified atom stereocenters. The quantitative estimate of drug-likeness (QED) is 0.280. The number of rotatable bonds is 0. The van der Waals surface area contributed by atoms with Gasteiger partial charge in [-0.1, -0.05) is 106 Å². The monoisotopic (exact) mass is 400 g/mol. The maximum Gasteiger partial charge on any atom is 0.0158 e. The summed E-state index contributed by atoms with van der Waals surface area (Å²) in [5, 5.41) is 2.74. The molecule has 0 aromatic heterocycles. The van der Waals surface area contributed by atoms with Crippen LogP contribution in [0.3, 0.4) is 0 Å². The summed E-state index contributed by atoms with van der Waals surface area (Å²) >= 11 is 0. The van der Waals surface area contributed by atoms with Crippen LogP contribution in [0.2, 0.25) is 0 Å². The topological polar surface area (TPSA) is 0 Å². The molecule has 0 N–H and O–H groups in total. The van der Waals surface area contributed by atoms with Crippen molar-refractivity contribution < 1.29 is 0 Å². The lowest BCUT2D eigenvalue weighted by Crippen LogP contribution is -2.27. The Kier molecular flexibility index (Phi) is 4.02. The second-order valence-electron chi connectivity index (χ2n) is 9.77. The molecule has 2 aliphatic rings. The molecule has 0 spiro atoms. The highest BCUT2D eigenvalue weighted by atomic mass is 14.4. The zero-order valence-electron chi connectivity index (χ0n) is 18.6. The number of aryl methyl sites for hydroxylation is 1. The first-order valence-electron chi connectivity index (χ1n) is 11.5. The summed E-state index contributed by atoms with van der Waals surface area (Å²) in [6.45, 7) is 7.18. The van der Waals surface area contributed by atoms with Crippen LogP contribution < -0.4 is 0 Å². The lowest BCUT2D eigenvalue weighted by Gasteiger charge is -2.39. The summed E-state index contributed by atoms with van der Waals surface area (Å²) in [6, 6.07) is 31.8. The minimum absolute atomic E-state index is 0.00324. The molecule has 2 aliphatic carbocycles. The molecular weight excluding hydrogens is 372 g/mol. The fourth-order valence-electron chi connectivity index (χ4n) is 6.05. The fraction of sp³-hybridized carbons (Fsp3) is 0.226. The predicted molar refractivity (Wildman–Crippen MR) is 132 cm³/mol. The SMILES string of the molecule is C[C@@H]1CCc2ccc3ccccc3c2C1=C1c2ccccc2C(C)(C)c2ccccc21. The zero-order chi connectivity index (χ0) is 21.2. The summed E-state index contributed by atoms with van der Waals surface area (Å²) in [5.74, 6) is 0.524. The van der Waals surface area contributed by atoms with Gasteiger partial charge in [-0.25, -0.2) is 0 Å². The van der Waals surface area contributed by atoms with Crippen LogP contribution in [0, 0.1) is 5.92 Å². The van der Waals surface area contributed by atoms with Crippen LogP contribution in [0.4, 0.5) is 0 Å². The summed E-state index contributed by atoms with van der Waals surface area (Å²) < 4.78 is 0. The lowest BCUT2D eigenvalue weighted by molar-refractivity contribution is 0.626. The van der Waals surface area contributed by atoms with Crippen LogP contribution in [0.25, 0.3) is 21.9 Å². The van der Waals surface area contributed by atoms with Gasteiger partial charge >= 0.3 is 0 Å². The molecule has 0 saturated heterocycles. The smallest absolute Gasteiger partial charge is 0.0158 e. The van der Waals surface area contributed by atoms with Crippen molar-refractivity contribution in [3.05, 3.63) is 118 Å². The Morgan fingerprint density at radius 1 is 0.710 bits per heavy atom. The summed E-state index contributed by atoms with van der Waals surface area (Å²) in [7, 11) is 0. The molecule has 0 heteroatoms.